The summed E-state index contributed by atoms with van der Waals surface area (Å²) in [6.45, 7) is 2.72. The summed E-state index contributed by atoms with van der Waals surface area (Å²) in [7, 11) is 0. The Morgan fingerprint density at radius 3 is 2.79 bits per heavy atom. The van der Waals surface area contributed by atoms with Gasteiger partial charge in [0.15, 0.2) is 0 Å². The van der Waals surface area contributed by atoms with Crippen LogP contribution in [0.25, 0.3) is 0 Å². The fourth-order valence-corrected chi connectivity index (χ4v) is 2.28. The van der Waals surface area contributed by atoms with Crippen LogP contribution in [0.5, 0.6) is 0 Å². The van der Waals surface area contributed by atoms with Gasteiger partial charge in [-0.1, -0.05) is 0 Å². The van der Waals surface area contributed by atoms with Gasteiger partial charge in [-0.2, -0.15) is 0 Å². The minimum atomic E-state index is -0.291. The normalized spacial score (nSPS) is 16.2. The first-order chi connectivity index (χ1) is 6.65. The molecule has 1 aromatic heterocycles. The molecule has 1 aliphatic rings. The van der Waals surface area contributed by atoms with E-state index < -0.39 is 0 Å². The number of hydrogen-bond donors (Lipinski definition) is 1. The SMILES string of the molecule is Cc1ccc(CN2CC(=O)NC2=O)s1. The standard InChI is InChI=1S/C9H10N2O2S/c1-6-2-3-7(14-6)4-11-5-8(12)10-9(11)13/h2-3H,4-5H2,1H3,(H,10,12,13). The van der Waals surface area contributed by atoms with E-state index in [1.807, 2.05) is 19.1 Å². The van der Waals surface area contributed by atoms with Crippen LogP contribution in [0.2, 0.25) is 0 Å². The zero-order valence-corrected chi connectivity index (χ0v) is 8.56. The zero-order chi connectivity index (χ0) is 10.1. The molecule has 4 nitrogen and oxygen atoms in total. The molecule has 0 aliphatic carbocycles. The van der Waals surface area contributed by atoms with Gasteiger partial charge in [-0.25, -0.2) is 4.79 Å². The summed E-state index contributed by atoms with van der Waals surface area (Å²) >= 11 is 1.64. The Balaban J connectivity index is 2.05. The first kappa shape index (κ1) is 9.21. The maximum absolute atomic E-state index is 11.2. The molecule has 1 aromatic rings. The number of carbonyl (C=O) groups is 2. The van der Waals surface area contributed by atoms with E-state index in [-0.39, 0.29) is 18.5 Å². The van der Waals surface area contributed by atoms with Crippen LogP contribution in [0, 0.1) is 6.92 Å². The molecule has 5 heteroatoms. The lowest BCUT2D eigenvalue weighted by molar-refractivity contribution is -0.118. The van der Waals surface area contributed by atoms with Crippen molar-refractivity contribution < 1.29 is 9.59 Å². The van der Waals surface area contributed by atoms with Gasteiger partial charge < -0.3 is 4.90 Å². The van der Waals surface area contributed by atoms with Crippen molar-refractivity contribution in [3.05, 3.63) is 21.9 Å². The Morgan fingerprint density at radius 2 is 2.29 bits per heavy atom. The number of urea groups is 1. The molecule has 0 atom stereocenters. The second-order valence-corrected chi connectivity index (χ2v) is 4.59. The van der Waals surface area contributed by atoms with Crippen LogP contribution in [0.4, 0.5) is 4.79 Å². The summed E-state index contributed by atoms with van der Waals surface area (Å²) in [6, 6.07) is 3.70. The van der Waals surface area contributed by atoms with Gasteiger partial charge in [0.1, 0.15) is 6.54 Å². The van der Waals surface area contributed by atoms with E-state index in [4.69, 9.17) is 0 Å². The Morgan fingerprint density at radius 1 is 1.50 bits per heavy atom. The first-order valence-electron chi connectivity index (χ1n) is 4.29. The fraction of sp³-hybridized carbons (Fsp3) is 0.333. The van der Waals surface area contributed by atoms with E-state index in [1.165, 1.54) is 9.78 Å². The van der Waals surface area contributed by atoms with Crippen molar-refractivity contribution in [1.82, 2.24) is 10.2 Å². The summed E-state index contributed by atoms with van der Waals surface area (Å²) in [6.07, 6.45) is 0. The summed E-state index contributed by atoms with van der Waals surface area (Å²) in [4.78, 5) is 25.9. The monoisotopic (exact) mass is 210 g/mol. The number of nitrogens with one attached hydrogen (secondary N) is 1. The van der Waals surface area contributed by atoms with E-state index in [0.29, 0.717) is 6.54 Å². The van der Waals surface area contributed by atoms with Crippen LogP contribution in [-0.4, -0.2) is 23.4 Å². The molecule has 0 radical (unpaired) electrons. The van der Waals surface area contributed by atoms with Crippen LogP contribution in [0.3, 0.4) is 0 Å². The highest BCUT2D eigenvalue weighted by Gasteiger charge is 2.26. The number of rotatable bonds is 2. The summed E-state index contributed by atoms with van der Waals surface area (Å²) < 4.78 is 0. The van der Waals surface area contributed by atoms with Gasteiger partial charge in [0.2, 0.25) is 5.91 Å². The quantitative estimate of drug-likeness (QED) is 0.743. The van der Waals surface area contributed by atoms with Crippen LogP contribution < -0.4 is 5.32 Å². The zero-order valence-electron chi connectivity index (χ0n) is 7.74. The second kappa shape index (κ2) is 3.42. The van der Waals surface area contributed by atoms with Gasteiger partial charge >= 0.3 is 6.03 Å². The average Bonchev–Trinajstić information content (AvgIpc) is 2.61. The van der Waals surface area contributed by atoms with Crippen LogP contribution in [-0.2, 0) is 11.3 Å². The molecule has 0 unspecified atom stereocenters. The number of carbonyl (C=O) groups excluding carboxylic acids is 2. The van der Waals surface area contributed by atoms with E-state index in [2.05, 4.69) is 5.32 Å². The second-order valence-electron chi connectivity index (χ2n) is 3.22. The lowest BCUT2D eigenvalue weighted by Gasteiger charge is -2.10. The molecule has 1 fully saturated rings. The van der Waals surface area contributed by atoms with Crippen molar-refractivity contribution in [2.45, 2.75) is 13.5 Å². The van der Waals surface area contributed by atoms with Crippen LogP contribution >= 0.6 is 11.3 Å². The largest absolute Gasteiger partial charge is 0.324 e. The van der Waals surface area contributed by atoms with Crippen LogP contribution in [0.15, 0.2) is 12.1 Å². The Labute approximate surface area is 85.5 Å². The molecule has 0 bridgehead atoms. The molecule has 0 spiro atoms. The predicted molar refractivity (Wildman–Crippen MR) is 53.0 cm³/mol. The van der Waals surface area contributed by atoms with Gasteiger partial charge in [0.05, 0.1) is 6.54 Å². The number of aryl methyl sites for hydroxylation is 1. The van der Waals surface area contributed by atoms with Gasteiger partial charge in [0.25, 0.3) is 0 Å². The lowest BCUT2D eigenvalue weighted by Crippen LogP contribution is -2.27. The average molecular weight is 210 g/mol. The van der Waals surface area contributed by atoms with Crippen molar-refractivity contribution in [1.29, 1.82) is 0 Å². The minimum Gasteiger partial charge on any atom is -0.310 e. The molecule has 1 N–H and O–H groups in total. The van der Waals surface area contributed by atoms with Gasteiger partial charge in [-0.05, 0) is 19.1 Å². The predicted octanol–water partition coefficient (Wildman–Crippen LogP) is 1.11. The molecule has 3 amide bonds. The van der Waals surface area contributed by atoms with Crippen molar-refractivity contribution in [2.75, 3.05) is 6.54 Å². The molecule has 2 rings (SSSR count). The van der Waals surface area contributed by atoms with E-state index in [0.717, 1.165) is 4.88 Å². The Kier molecular flexibility index (Phi) is 2.25. The van der Waals surface area contributed by atoms with Crippen molar-refractivity contribution >= 4 is 23.3 Å². The number of amides is 3. The summed E-state index contributed by atoms with van der Waals surface area (Å²) in [5.74, 6) is -0.219. The van der Waals surface area contributed by atoms with Gasteiger partial charge in [0, 0.05) is 9.75 Å². The molecule has 1 saturated heterocycles. The molecule has 14 heavy (non-hydrogen) atoms. The minimum absolute atomic E-state index is 0.176. The maximum atomic E-state index is 11.2. The highest BCUT2D eigenvalue weighted by molar-refractivity contribution is 7.11. The molecular formula is C9H10N2O2S. The number of hydrogen-bond acceptors (Lipinski definition) is 3. The smallest absolute Gasteiger partial charge is 0.310 e. The number of thiophene rings is 1. The van der Waals surface area contributed by atoms with Crippen molar-refractivity contribution in [2.24, 2.45) is 0 Å². The molecule has 0 aromatic carbocycles. The Bertz CT molecular complexity index is 386. The molecular weight excluding hydrogens is 200 g/mol. The summed E-state index contributed by atoms with van der Waals surface area (Å²) in [5.41, 5.74) is 0. The highest BCUT2D eigenvalue weighted by atomic mass is 32.1. The third kappa shape index (κ3) is 1.77. The topological polar surface area (TPSA) is 49.4 Å². The van der Waals surface area contributed by atoms with E-state index in [9.17, 15) is 9.59 Å². The lowest BCUT2D eigenvalue weighted by atomic mass is 10.4. The maximum Gasteiger partial charge on any atom is 0.324 e. The van der Waals surface area contributed by atoms with E-state index >= 15 is 0 Å². The van der Waals surface area contributed by atoms with Gasteiger partial charge in [-0.3, -0.25) is 10.1 Å². The van der Waals surface area contributed by atoms with E-state index in [1.54, 1.807) is 11.3 Å². The third-order valence-corrected chi connectivity index (χ3v) is 3.00. The highest BCUT2D eigenvalue weighted by Crippen LogP contribution is 2.17. The number of nitrogens with zero attached hydrogens (tertiary/aromatic N) is 1. The molecule has 0 saturated carbocycles. The third-order valence-electron chi connectivity index (χ3n) is 2.01. The summed E-state index contributed by atoms with van der Waals surface area (Å²) in [5, 5.41) is 2.25. The van der Waals surface area contributed by atoms with Gasteiger partial charge in [-0.15, -0.1) is 11.3 Å². The van der Waals surface area contributed by atoms with Crippen molar-refractivity contribution in [3.63, 3.8) is 0 Å². The molecule has 1 aliphatic heterocycles. The Hall–Kier alpha value is -1.36. The van der Waals surface area contributed by atoms with Crippen molar-refractivity contribution in [3.8, 4) is 0 Å². The fourth-order valence-electron chi connectivity index (χ4n) is 1.37. The van der Waals surface area contributed by atoms with Crippen LogP contribution in [0.1, 0.15) is 9.75 Å². The first-order valence-corrected chi connectivity index (χ1v) is 5.11. The number of imide groups is 1. The molecule has 74 valence electrons. The molecule has 2 heterocycles.